The fraction of sp³-hybridized carbons (Fsp3) is 0.357. The van der Waals surface area contributed by atoms with Crippen LogP contribution in [0.2, 0.25) is 0 Å². The third kappa shape index (κ3) is 3.44. The molecule has 1 N–H and O–H groups in total. The Morgan fingerprint density at radius 2 is 1.95 bits per heavy atom. The minimum atomic E-state index is -1.62. The van der Waals surface area contributed by atoms with Crippen molar-refractivity contribution in [2.75, 3.05) is 6.61 Å². The molecule has 0 amide bonds. The topological polar surface area (TPSA) is 72.8 Å². The number of carbonyl (C=O) groups is 1. The summed E-state index contributed by atoms with van der Waals surface area (Å²) in [7, 11) is 0. The molecule has 0 aromatic heterocycles. The second-order valence-corrected chi connectivity index (χ2v) is 3.75. The fourth-order valence-corrected chi connectivity index (χ4v) is 1.84. The number of benzene rings is 1. The number of hydrogen-bond acceptors (Lipinski definition) is 4. The van der Waals surface area contributed by atoms with E-state index >= 15 is 0 Å². The monoisotopic (exact) mass is 264 g/mol. The number of ether oxygens (including phenoxy) is 2. The normalized spacial score (nSPS) is 13.2. The zero-order valence-electron chi connectivity index (χ0n) is 10.9. The predicted molar refractivity (Wildman–Crippen MR) is 69.3 cm³/mol. The molecule has 5 nitrogen and oxygen atoms in total. The van der Waals surface area contributed by atoms with Gasteiger partial charge in [0.2, 0.25) is 0 Å². The van der Waals surface area contributed by atoms with Crippen molar-refractivity contribution in [3.63, 3.8) is 0 Å². The molecule has 19 heavy (non-hydrogen) atoms. The molecule has 0 bridgehead atoms. The standard InChI is InChI=1S/C14H16O5/c1-3-14(18-4-2,19-13(16)17)12(10-15)11-8-6-5-7-9-11/h5-9H,3-4H2,1-2H3,(H,16,17). The van der Waals surface area contributed by atoms with Gasteiger partial charge in [0.25, 0.3) is 5.79 Å². The van der Waals surface area contributed by atoms with E-state index in [1.165, 1.54) is 0 Å². The molecule has 0 fully saturated rings. The molecule has 0 spiro atoms. The highest BCUT2D eigenvalue weighted by Crippen LogP contribution is 2.33. The Kier molecular flexibility index (Phi) is 5.30. The first-order valence-electron chi connectivity index (χ1n) is 5.96. The minimum absolute atomic E-state index is 0.0415. The van der Waals surface area contributed by atoms with Crippen LogP contribution in [0.25, 0.3) is 5.57 Å². The maximum absolute atomic E-state index is 11.3. The lowest BCUT2D eigenvalue weighted by Gasteiger charge is -2.31. The maximum Gasteiger partial charge on any atom is 0.508 e. The van der Waals surface area contributed by atoms with Gasteiger partial charge in [-0.3, -0.25) is 0 Å². The molecule has 5 heteroatoms. The van der Waals surface area contributed by atoms with E-state index in [2.05, 4.69) is 0 Å². The molecule has 0 aliphatic heterocycles. The van der Waals surface area contributed by atoms with Crippen LogP contribution >= 0.6 is 0 Å². The number of carbonyl (C=O) groups excluding carboxylic acids is 1. The number of rotatable bonds is 6. The van der Waals surface area contributed by atoms with Gasteiger partial charge in [0.1, 0.15) is 11.5 Å². The van der Waals surface area contributed by atoms with Gasteiger partial charge in [-0.25, -0.2) is 9.59 Å². The molecule has 1 atom stereocenters. The van der Waals surface area contributed by atoms with Crippen molar-refractivity contribution in [1.82, 2.24) is 0 Å². The predicted octanol–water partition coefficient (Wildman–Crippen LogP) is 2.74. The van der Waals surface area contributed by atoms with Gasteiger partial charge in [-0.15, -0.1) is 0 Å². The lowest BCUT2D eigenvalue weighted by molar-refractivity contribution is -0.167. The highest BCUT2D eigenvalue weighted by atomic mass is 16.8. The summed E-state index contributed by atoms with van der Waals surface area (Å²) in [6.45, 7) is 3.58. The summed E-state index contributed by atoms with van der Waals surface area (Å²) in [5.74, 6) is 0.132. The zero-order chi connectivity index (χ0) is 14.3. The van der Waals surface area contributed by atoms with Crippen LogP contribution in [0.15, 0.2) is 30.3 Å². The fourth-order valence-electron chi connectivity index (χ4n) is 1.84. The van der Waals surface area contributed by atoms with Gasteiger partial charge < -0.3 is 14.6 Å². The van der Waals surface area contributed by atoms with Gasteiger partial charge in [-0.1, -0.05) is 37.3 Å². The number of hydrogen-bond donors (Lipinski definition) is 1. The second-order valence-electron chi connectivity index (χ2n) is 3.75. The summed E-state index contributed by atoms with van der Waals surface area (Å²) in [5, 5.41) is 8.85. The Hall–Kier alpha value is -2.10. The largest absolute Gasteiger partial charge is 0.508 e. The van der Waals surface area contributed by atoms with Crippen LogP contribution in [0.3, 0.4) is 0 Å². The Labute approximate surface area is 111 Å². The molecule has 1 unspecified atom stereocenters. The van der Waals surface area contributed by atoms with Crippen molar-refractivity contribution in [2.24, 2.45) is 0 Å². The molecule has 0 heterocycles. The van der Waals surface area contributed by atoms with E-state index in [9.17, 15) is 9.59 Å². The van der Waals surface area contributed by atoms with E-state index in [0.717, 1.165) is 0 Å². The van der Waals surface area contributed by atoms with Crippen molar-refractivity contribution < 1.29 is 24.2 Å². The van der Waals surface area contributed by atoms with Crippen LogP contribution in [0, 0.1) is 0 Å². The second kappa shape index (κ2) is 6.73. The van der Waals surface area contributed by atoms with Crippen LogP contribution in [0.1, 0.15) is 25.8 Å². The van der Waals surface area contributed by atoms with Gasteiger partial charge in [0.05, 0.1) is 0 Å². The van der Waals surface area contributed by atoms with Crippen LogP contribution in [0.5, 0.6) is 0 Å². The van der Waals surface area contributed by atoms with E-state index in [4.69, 9.17) is 14.6 Å². The first-order valence-corrected chi connectivity index (χ1v) is 5.96. The maximum atomic E-state index is 11.3. The van der Waals surface area contributed by atoms with Gasteiger partial charge >= 0.3 is 6.16 Å². The summed E-state index contributed by atoms with van der Waals surface area (Å²) in [4.78, 5) is 22.1. The Morgan fingerprint density at radius 3 is 2.37 bits per heavy atom. The quantitative estimate of drug-likeness (QED) is 0.486. The molecule has 1 aromatic rings. The Balaban J connectivity index is 3.28. The molecule has 0 saturated carbocycles. The van der Waals surface area contributed by atoms with Crippen molar-refractivity contribution in [3.8, 4) is 0 Å². The van der Waals surface area contributed by atoms with Crippen LogP contribution in [0.4, 0.5) is 4.79 Å². The van der Waals surface area contributed by atoms with Gasteiger partial charge in [0, 0.05) is 13.0 Å². The number of carboxylic acid groups (broad SMARTS) is 1. The van der Waals surface area contributed by atoms with Gasteiger partial charge in [0.15, 0.2) is 0 Å². The Morgan fingerprint density at radius 1 is 1.32 bits per heavy atom. The molecular weight excluding hydrogens is 248 g/mol. The average Bonchev–Trinajstić information content (AvgIpc) is 2.40. The van der Waals surface area contributed by atoms with Crippen molar-refractivity contribution in [3.05, 3.63) is 35.9 Å². The lowest BCUT2D eigenvalue weighted by Crippen LogP contribution is -2.39. The van der Waals surface area contributed by atoms with Gasteiger partial charge in [-0.2, -0.15) is 0 Å². The molecule has 102 valence electrons. The van der Waals surface area contributed by atoms with E-state index in [0.29, 0.717) is 5.56 Å². The minimum Gasteiger partial charge on any atom is -0.450 e. The molecular formula is C14H16O5. The molecule has 1 aromatic carbocycles. The smallest absolute Gasteiger partial charge is 0.450 e. The summed E-state index contributed by atoms with van der Waals surface area (Å²) in [6.07, 6.45) is -1.33. The summed E-state index contributed by atoms with van der Waals surface area (Å²) in [6, 6.07) is 8.61. The third-order valence-electron chi connectivity index (χ3n) is 2.64. The third-order valence-corrected chi connectivity index (χ3v) is 2.64. The van der Waals surface area contributed by atoms with Crippen molar-refractivity contribution >= 4 is 17.7 Å². The SMILES string of the molecule is CCOC(CC)(OC(=O)O)C(=C=O)c1ccccc1. The lowest BCUT2D eigenvalue weighted by atomic mass is 9.96. The molecule has 1 rings (SSSR count). The van der Waals surface area contributed by atoms with E-state index in [1.807, 2.05) is 0 Å². The average molecular weight is 264 g/mol. The summed E-state index contributed by atoms with van der Waals surface area (Å²) >= 11 is 0. The Bertz CT molecular complexity index is 476. The highest BCUT2D eigenvalue weighted by Gasteiger charge is 2.40. The summed E-state index contributed by atoms with van der Waals surface area (Å²) in [5.41, 5.74) is 0.564. The summed E-state index contributed by atoms with van der Waals surface area (Å²) < 4.78 is 10.2. The molecule has 0 radical (unpaired) electrons. The van der Waals surface area contributed by atoms with Crippen molar-refractivity contribution in [1.29, 1.82) is 0 Å². The first kappa shape index (κ1) is 15.0. The zero-order valence-corrected chi connectivity index (χ0v) is 10.9. The van der Waals surface area contributed by atoms with Gasteiger partial charge in [-0.05, 0) is 12.5 Å². The van der Waals surface area contributed by atoms with Crippen LogP contribution < -0.4 is 0 Å². The first-order chi connectivity index (χ1) is 9.09. The van der Waals surface area contributed by atoms with Crippen LogP contribution in [-0.4, -0.2) is 29.6 Å². The van der Waals surface area contributed by atoms with Crippen molar-refractivity contribution in [2.45, 2.75) is 26.1 Å². The molecule has 0 saturated heterocycles. The molecule has 0 aliphatic rings. The van der Waals surface area contributed by atoms with E-state index in [1.54, 1.807) is 50.1 Å². The van der Waals surface area contributed by atoms with E-state index < -0.39 is 11.9 Å². The van der Waals surface area contributed by atoms with Crippen LogP contribution in [-0.2, 0) is 14.3 Å². The highest BCUT2D eigenvalue weighted by molar-refractivity contribution is 5.91. The molecule has 0 aliphatic carbocycles. The van der Waals surface area contributed by atoms with E-state index in [-0.39, 0.29) is 18.6 Å².